The SMILES string of the molecule is CCNC(=NCc1nncn1-c1ccccc1)NCC1CC1. The molecule has 1 fully saturated rings. The summed E-state index contributed by atoms with van der Waals surface area (Å²) >= 11 is 0. The second kappa shape index (κ2) is 7.06. The van der Waals surface area contributed by atoms with E-state index in [1.165, 1.54) is 12.8 Å². The first-order valence-electron chi connectivity index (χ1n) is 7.83. The molecule has 22 heavy (non-hydrogen) atoms. The average Bonchev–Trinajstić information content (AvgIpc) is 3.27. The Labute approximate surface area is 130 Å². The summed E-state index contributed by atoms with van der Waals surface area (Å²) in [5, 5.41) is 14.8. The van der Waals surface area contributed by atoms with Gasteiger partial charge in [-0.1, -0.05) is 18.2 Å². The lowest BCUT2D eigenvalue weighted by Gasteiger charge is -2.11. The number of nitrogens with one attached hydrogen (secondary N) is 2. The monoisotopic (exact) mass is 298 g/mol. The van der Waals surface area contributed by atoms with Crippen molar-refractivity contribution >= 4 is 5.96 Å². The Kier molecular flexibility index (Phi) is 4.68. The van der Waals surface area contributed by atoms with Gasteiger partial charge in [-0.3, -0.25) is 4.57 Å². The van der Waals surface area contributed by atoms with Gasteiger partial charge in [0, 0.05) is 18.8 Å². The van der Waals surface area contributed by atoms with E-state index in [0.717, 1.165) is 36.5 Å². The van der Waals surface area contributed by atoms with Crippen LogP contribution in [0.15, 0.2) is 41.7 Å². The number of aromatic nitrogens is 3. The number of rotatable bonds is 6. The molecular weight excluding hydrogens is 276 g/mol. The van der Waals surface area contributed by atoms with Crippen LogP contribution in [0.5, 0.6) is 0 Å². The van der Waals surface area contributed by atoms with Gasteiger partial charge < -0.3 is 10.6 Å². The minimum absolute atomic E-state index is 0.495. The van der Waals surface area contributed by atoms with Crippen molar-refractivity contribution < 1.29 is 0 Å². The molecule has 0 spiro atoms. The number of benzene rings is 1. The molecule has 116 valence electrons. The van der Waals surface area contributed by atoms with E-state index in [4.69, 9.17) is 0 Å². The van der Waals surface area contributed by atoms with Gasteiger partial charge in [0.25, 0.3) is 0 Å². The van der Waals surface area contributed by atoms with Gasteiger partial charge in [-0.15, -0.1) is 10.2 Å². The Morgan fingerprint density at radius 1 is 1.27 bits per heavy atom. The molecule has 1 aliphatic carbocycles. The van der Waals surface area contributed by atoms with Crippen molar-refractivity contribution in [1.29, 1.82) is 0 Å². The van der Waals surface area contributed by atoms with E-state index in [1.807, 2.05) is 34.9 Å². The zero-order chi connectivity index (χ0) is 15.2. The lowest BCUT2D eigenvalue weighted by molar-refractivity contribution is 0.734. The van der Waals surface area contributed by atoms with E-state index in [-0.39, 0.29) is 0 Å². The largest absolute Gasteiger partial charge is 0.357 e. The van der Waals surface area contributed by atoms with Gasteiger partial charge >= 0.3 is 0 Å². The van der Waals surface area contributed by atoms with Crippen LogP contribution in [0.2, 0.25) is 0 Å². The molecule has 0 amide bonds. The first-order chi connectivity index (χ1) is 10.9. The Hall–Kier alpha value is -2.37. The second-order valence-electron chi connectivity index (χ2n) is 5.47. The number of hydrogen-bond donors (Lipinski definition) is 2. The normalized spacial score (nSPS) is 14.9. The molecule has 2 N–H and O–H groups in total. The van der Waals surface area contributed by atoms with E-state index < -0.39 is 0 Å². The highest BCUT2D eigenvalue weighted by molar-refractivity contribution is 5.79. The van der Waals surface area contributed by atoms with E-state index in [0.29, 0.717) is 6.54 Å². The number of guanidine groups is 1. The zero-order valence-corrected chi connectivity index (χ0v) is 12.9. The van der Waals surface area contributed by atoms with Crippen LogP contribution in [0.25, 0.3) is 5.69 Å². The van der Waals surface area contributed by atoms with E-state index in [1.54, 1.807) is 6.33 Å². The number of hydrogen-bond acceptors (Lipinski definition) is 3. The topological polar surface area (TPSA) is 67.1 Å². The fourth-order valence-corrected chi connectivity index (χ4v) is 2.23. The van der Waals surface area contributed by atoms with Crippen molar-refractivity contribution in [3.8, 4) is 5.69 Å². The smallest absolute Gasteiger partial charge is 0.191 e. The molecule has 0 unspecified atom stereocenters. The van der Waals surface area contributed by atoms with E-state index in [9.17, 15) is 0 Å². The van der Waals surface area contributed by atoms with E-state index in [2.05, 4.69) is 32.7 Å². The van der Waals surface area contributed by atoms with Crippen LogP contribution in [-0.4, -0.2) is 33.8 Å². The third-order valence-corrected chi connectivity index (χ3v) is 3.63. The summed E-state index contributed by atoms with van der Waals surface area (Å²) in [5.74, 6) is 2.49. The minimum Gasteiger partial charge on any atom is -0.357 e. The predicted molar refractivity (Wildman–Crippen MR) is 86.9 cm³/mol. The zero-order valence-electron chi connectivity index (χ0n) is 12.9. The third-order valence-electron chi connectivity index (χ3n) is 3.63. The fourth-order valence-electron chi connectivity index (χ4n) is 2.23. The van der Waals surface area contributed by atoms with Gasteiger partial charge in [0.15, 0.2) is 11.8 Å². The van der Waals surface area contributed by atoms with Crippen LogP contribution >= 0.6 is 0 Å². The molecule has 0 radical (unpaired) electrons. The number of nitrogens with zero attached hydrogens (tertiary/aromatic N) is 4. The van der Waals surface area contributed by atoms with Crippen LogP contribution < -0.4 is 10.6 Å². The highest BCUT2D eigenvalue weighted by atomic mass is 15.3. The summed E-state index contributed by atoms with van der Waals surface area (Å²) < 4.78 is 1.97. The quantitative estimate of drug-likeness (QED) is 0.629. The molecule has 0 saturated heterocycles. The maximum Gasteiger partial charge on any atom is 0.191 e. The van der Waals surface area contributed by atoms with E-state index >= 15 is 0 Å². The van der Waals surface area contributed by atoms with Gasteiger partial charge in [0.1, 0.15) is 12.9 Å². The van der Waals surface area contributed by atoms with Crippen LogP contribution in [0, 0.1) is 5.92 Å². The summed E-state index contributed by atoms with van der Waals surface area (Å²) in [6.45, 7) is 4.41. The maximum absolute atomic E-state index is 4.61. The van der Waals surface area contributed by atoms with Crippen molar-refractivity contribution in [2.24, 2.45) is 10.9 Å². The summed E-state index contributed by atoms with van der Waals surface area (Å²) in [6.07, 6.45) is 4.38. The van der Waals surface area contributed by atoms with Crippen molar-refractivity contribution in [2.75, 3.05) is 13.1 Å². The molecule has 1 aliphatic rings. The summed E-state index contributed by atoms with van der Waals surface area (Å²) in [7, 11) is 0. The summed E-state index contributed by atoms with van der Waals surface area (Å²) in [4.78, 5) is 4.61. The van der Waals surface area contributed by atoms with Crippen molar-refractivity contribution in [3.05, 3.63) is 42.5 Å². The Morgan fingerprint density at radius 3 is 2.82 bits per heavy atom. The third kappa shape index (κ3) is 3.84. The molecule has 1 aromatic heterocycles. The first kappa shape index (κ1) is 14.6. The molecule has 2 aromatic rings. The van der Waals surface area contributed by atoms with Crippen molar-refractivity contribution in [1.82, 2.24) is 25.4 Å². The molecule has 0 atom stereocenters. The molecule has 6 heteroatoms. The Bertz CT molecular complexity index is 615. The van der Waals surface area contributed by atoms with Crippen molar-refractivity contribution in [2.45, 2.75) is 26.3 Å². The molecule has 6 nitrogen and oxygen atoms in total. The Balaban J connectivity index is 1.68. The van der Waals surface area contributed by atoms with Gasteiger partial charge in [0.05, 0.1) is 0 Å². The molecule has 1 heterocycles. The van der Waals surface area contributed by atoms with Crippen LogP contribution in [0.1, 0.15) is 25.6 Å². The first-order valence-corrected chi connectivity index (χ1v) is 7.83. The highest BCUT2D eigenvalue weighted by Crippen LogP contribution is 2.27. The summed E-state index contributed by atoms with van der Waals surface area (Å²) in [5.41, 5.74) is 1.05. The van der Waals surface area contributed by atoms with Crippen LogP contribution in [0.3, 0.4) is 0 Å². The fraction of sp³-hybridized carbons (Fsp3) is 0.438. The lowest BCUT2D eigenvalue weighted by atomic mass is 10.3. The molecular formula is C16H22N6. The highest BCUT2D eigenvalue weighted by Gasteiger charge is 2.21. The predicted octanol–water partition coefficient (Wildman–Crippen LogP) is 1.73. The van der Waals surface area contributed by atoms with Crippen LogP contribution in [-0.2, 0) is 6.54 Å². The van der Waals surface area contributed by atoms with Gasteiger partial charge in [-0.05, 0) is 37.8 Å². The second-order valence-corrected chi connectivity index (χ2v) is 5.47. The molecule has 3 rings (SSSR count). The molecule has 1 aromatic carbocycles. The van der Waals surface area contributed by atoms with Gasteiger partial charge in [-0.25, -0.2) is 4.99 Å². The average molecular weight is 298 g/mol. The lowest BCUT2D eigenvalue weighted by Crippen LogP contribution is -2.38. The summed E-state index contributed by atoms with van der Waals surface area (Å²) in [6, 6.07) is 10.1. The molecule has 0 bridgehead atoms. The standard InChI is InChI=1S/C16H22N6/c1-2-17-16(18-10-13-8-9-13)19-11-15-21-20-12-22(15)14-6-4-3-5-7-14/h3-7,12-13H,2,8-11H2,1H3,(H2,17,18,19). The number of para-hydroxylation sites is 1. The van der Waals surface area contributed by atoms with Gasteiger partial charge in [-0.2, -0.15) is 0 Å². The maximum atomic E-state index is 4.61. The molecule has 1 saturated carbocycles. The Morgan fingerprint density at radius 2 is 2.09 bits per heavy atom. The number of aliphatic imine (C=N–C) groups is 1. The van der Waals surface area contributed by atoms with Crippen LogP contribution in [0.4, 0.5) is 0 Å². The minimum atomic E-state index is 0.495. The molecule has 0 aliphatic heterocycles. The van der Waals surface area contributed by atoms with Crippen molar-refractivity contribution in [3.63, 3.8) is 0 Å². The van der Waals surface area contributed by atoms with Gasteiger partial charge in [0.2, 0.25) is 0 Å².